The Hall–Kier alpha value is -2.84. The predicted molar refractivity (Wildman–Crippen MR) is 172 cm³/mol. The van der Waals surface area contributed by atoms with Crippen molar-refractivity contribution in [1.82, 2.24) is 15.1 Å². The molecular weight excluding hydrogens is 549 g/mol. The number of rotatable bonds is 9. The number of nitrogens with one attached hydrogen (secondary N) is 1. The standard InChI is InChI=1S/C34H41ClFN5O/c1-34(2,41-16-6-7-17-41)15-18-42-22-38-33(40-20-24-13-14-25(21-40)39-24)28-19-29(35)30(31(36)32(28)37-3)27-12-8-10-23-9-4-5-11-26(23)27/h4-5,8-12,19,24-25,39H,3,6-7,13-18,20-22H2,1-2H3. The minimum atomic E-state index is -0.483. The van der Waals surface area contributed by atoms with E-state index in [4.69, 9.17) is 21.3 Å². The van der Waals surface area contributed by atoms with Gasteiger partial charge < -0.3 is 15.0 Å². The Morgan fingerprint density at radius 2 is 1.81 bits per heavy atom. The Morgan fingerprint density at radius 1 is 1.10 bits per heavy atom. The van der Waals surface area contributed by atoms with Gasteiger partial charge in [-0.3, -0.25) is 9.89 Å². The number of hydrogen-bond acceptors (Lipinski definition) is 5. The second kappa shape index (κ2) is 12.4. The molecule has 3 aromatic rings. The van der Waals surface area contributed by atoms with Gasteiger partial charge in [0.25, 0.3) is 0 Å². The average Bonchev–Trinajstić information content (AvgIpc) is 3.65. The van der Waals surface area contributed by atoms with Gasteiger partial charge in [0.05, 0.1) is 11.6 Å². The summed E-state index contributed by atoms with van der Waals surface area (Å²) < 4.78 is 22.6. The fourth-order valence-corrected chi connectivity index (χ4v) is 7.22. The third-order valence-electron chi connectivity index (χ3n) is 9.29. The van der Waals surface area contributed by atoms with Gasteiger partial charge in [0, 0.05) is 41.8 Å². The van der Waals surface area contributed by atoms with Gasteiger partial charge in [0.15, 0.2) is 5.82 Å². The van der Waals surface area contributed by atoms with Gasteiger partial charge in [-0.25, -0.2) is 9.38 Å². The molecule has 8 heteroatoms. The highest BCUT2D eigenvalue weighted by atomic mass is 35.5. The second-order valence-electron chi connectivity index (χ2n) is 12.4. The minimum absolute atomic E-state index is 0.0921. The van der Waals surface area contributed by atoms with Crippen LogP contribution in [0.4, 0.5) is 10.1 Å². The molecule has 0 radical (unpaired) electrons. The second-order valence-corrected chi connectivity index (χ2v) is 12.9. The van der Waals surface area contributed by atoms with Gasteiger partial charge in [-0.1, -0.05) is 54.1 Å². The molecule has 3 aliphatic heterocycles. The lowest BCUT2D eigenvalue weighted by Gasteiger charge is -2.36. The normalized spacial score (nSPS) is 21.4. The van der Waals surface area contributed by atoms with E-state index in [1.807, 2.05) is 48.5 Å². The number of benzene rings is 3. The van der Waals surface area contributed by atoms with Crippen molar-refractivity contribution < 1.29 is 9.13 Å². The highest BCUT2D eigenvalue weighted by Gasteiger charge is 2.35. The van der Waals surface area contributed by atoms with Gasteiger partial charge >= 0.3 is 0 Å². The maximum absolute atomic E-state index is 16.5. The van der Waals surface area contributed by atoms with Crippen LogP contribution in [0.2, 0.25) is 5.02 Å². The van der Waals surface area contributed by atoms with Crippen molar-refractivity contribution in [1.29, 1.82) is 0 Å². The number of fused-ring (bicyclic) bond motifs is 3. The molecule has 3 heterocycles. The van der Waals surface area contributed by atoms with Crippen LogP contribution in [0, 0.1) is 5.82 Å². The fourth-order valence-electron chi connectivity index (χ4n) is 6.92. The lowest BCUT2D eigenvalue weighted by Crippen LogP contribution is -2.53. The van der Waals surface area contributed by atoms with Gasteiger partial charge in [-0.15, -0.1) is 0 Å². The molecule has 6 nitrogen and oxygen atoms in total. The average molecular weight is 590 g/mol. The quantitative estimate of drug-likeness (QED) is 0.165. The number of aliphatic imine (C=N–C) groups is 2. The summed E-state index contributed by atoms with van der Waals surface area (Å²) in [6.07, 6.45) is 5.71. The number of halogens is 2. The maximum atomic E-state index is 16.5. The van der Waals surface area contributed by atoms with Crippen LogP contribution in [0.3, 0.4) is 0 Å². The van der Waals surface area contributed by atoms with E-state index in [1.165, 1.54) is 12.8 Å². The zero-order chi connectivity index (χ0) is 29.3. The molecule has 2 atom stereocenters. The van der Waals surface area contributed by atoms with Crippen LogP contribution in [-0.2, 0) is 4.74 Å². The molecule has 0 spiro atoms. The summed E-state index contributed by atoms with van der Waals surface area (Å²) in [4.78, 5) is 13.9. The van der Waals surface area contributed by atoms with Crippen LogP contribution in [0.5, 0.6) is 0 Å². The first-order valence-corrected chi connectivity index (χ1v) is 15.6. The third kappa shape index (κ3) is 5.85. The predicted octanol–water partition coefficient (Wildman–Crippen LogP) is 7.05. The van der Waals surface area contributed by atoms with E-state index < -0.39 is 5.82 Å². The smallest absolute Gasteiger partial charge is 0.158 e. The first kappa shape index (κ1) is 29.2. The summed E-state index contributed by atoms with van der Waals surface area (Å²) in [6.45, 7) is 13.0. The molecule has 2 bridgehead atoms. The molecule has 0 saturated carbocycles. The molecule has 1 N–H and O–H groups in total. The van der Waals surface area contributed by atoms with E-state index in [0.717, 1.165) is 61.8 Å². The molecule has 3 aromatic carbocycles. The molecule has 0 aliphatic carbocycles. The van der Waals surface area contributed by atoms with Crippen LogP contribution in [0.25, 0.3) is 21.9 Å². The maximum Gasteiger partial charge on any atom is 0.158 e. The topological polar surface area (TPSA) is 52.5 Å². The third-order valence-corrected chi connectivity index (χ3v) is 9.59. The molecule has 3 aliphatic rings. The highest BCUT2D eigenvalue weighted by molar-refractivity contribution is 6.34. The fraction of sp³-hybridized carbons (Fsp3) is 0.471. The van der Waals surface area contributed by atoms with Crippen molar-refractivity contribution in [3.8, 4) is 11.1 Å². The SMILES string of the molecule is C=Nc1c(C(=NCOCCC(C)(C)N2CCCC2)N2CC3CCC(C2)N3)cc(Cl)c(-c2cccc3ccccc23)c1F. The number of nitrogens with zero attached hydrogens (tertiary/aromatic N) is 4. The zero-order valence-corrected chi connectivity index (χ0v) is 25.5. The van der Waals surface area contributed by atoms with Gasteiger partial charge in [-0.2, -0.15) is 0 Å². The summed E-state index contributed by atoms with van der Waals surface area (Å²) in [7, 11) is 0. The number of ether oxygens (including phenoxy) is 1. The van der Waals surface area contributed by atoms with E-state index in [1.54, 1.807) is 0 Å². The van der Waals surface area contributed by atoms with E-state index in [0.29, 0.717) is 40.7 Å². The molecular formula is C34H41ClFN5O. The number of hydrogen-bond donors (Lipinski definition) is 1. The van der Waals surface area contributed by atoms with Crippen molar-refractivity contribution in [2.24, 2.45) is 9.98 Å². The number of amidine groups is 1. The van der Waals surface area contributed by atoms with Crippen molar-refractivity contribution in [2.75, 3.05) is 39.5 Å². The highest BCUT2D eigenvalue weighted by Crippen LogP contribution is 2.42. The van der Waals surface area contributed by atoms with Crippen molar-refractivity contribution in [3.05, 3.63) is 64.9 Å². The monoisotopic (exact) mass is 589 g/mol. The number of piperazine rings is 1. The summed E-state index contributed by atoms with van der Waals surface area (Å²) >= 11 is 6.92. The van der Waals surface area contributed by atoms with E-state index in [2.05, 4.69) is 40.7 Å². The lowest BCUT2D eigenvalue weighted by atomic mass is 9.95. The van der Waals surface area contributed by atoms with Gasteiger partial charge in [0.1, 0.15) is 18.3 Å². The Bertz CT molecular complexity index is 1470. The summed E-state index contributed by atoms with van der Waals surface area (Å²) in [5.74, 6) is 0.183. The van der Waals surface area contributed by atoms with Crippen molar-refractivity contribution in [3.63, 3.8) is 0 Å². The summed E-state index contributed by atoms with van der Waals surface area (Å²) in [6, 6.07) is 16.3. The molecule has 42 heavy (non-hydrogen) atoms. The van der Waals surface area contributed by atoms with Crippen molar-refractivity contribution >= 4 is 40.6 Å². The first-order chi connectivity index (χ1) is 20.4. The van der Waals surface area contributed by atoms with Crippen LogP contribution in [0.15, 0.2) is 58.5 Å². The van der Waals surface area contributed by atoms with Crippen LogP contribution < -0.4 is 5.32 Å². The van der Waals surface area contributed by atoms with Crippen LogP contribution >= 0.6 is 11.6 Å². The summed E-state index contributed by atoms with van der Waals surface area (Å²) in [5, 5.41) is 5.95. The molecule has 0 aromatic heterocycles. The number of likely N-dealkylation sites (tertiary alicyclic amines) is 2. The Labute approximate surface area is 253 Å². The van der Waals surface area contributed by atoms with Gasteiger partial charge in [0.2, 0.25) is 0 Å². The van der Waals surface area contributed by atoms with Gasteiger partial charge in [-0.05, 0) is 88.2 Å². The molecule has 6 rings (SSSR count). The molecule has 3 saturated heterocycles. The first-order valence-electron chi connectivity index (χ1n) is 15.2. The molecule has 0 amide bonds. The molecule has 3 fully saturated rings. The van der Waals surface area contributed by atoms with E-state index >= 15 is 4.39 Å². The summed E-state index contributed by atoms with van der Waals surface area (Å²) in [5.41, 5.74) is 1.88. The van der Waals surface area contributed by atoms with E-state index in [9.17, 15) is 0 Å². The molecule has 2 unspecified atom stereocenters. The molecule has 222 valence electrons. The lowest BCUT2D eigenvalue weighted by molar-refractivity contribution is 0.0745. The van der Waals surface area contributed by atoms with Crippen molar-refractivity contribution in [2.45, 2.75) is 63.6 Å². The van der Waals surface area contributed by atoms with E-state index in [-0.39, 0.29) is 18.0 Å². The Balaban J connectivity index is 1.32. The zero-order valence-electron chi connectivity index (χ0n) is 24.7. The van der Waals surface area contributed by atoms with Crippen LogP contribution in [-0.4, -0.2) is 79.5 Å². The Morgan fingerprint density at radius 3 is 2.55 bits per heavy atom. The van der Waals surface area contributed by atoms with Crippen LogP contribution in [0.1, 0.15) is 51.5 Å². The largest absolute Gasteiger partial charge is 0.359 e. The minimum Gasteiger partial charge on any atom is -0.359 e. The Kier molecular flexibility index (Phi) is 8.64.